The SMILES string of the molecule is CC(=O)c1cc([B-](F)(F)F)ccc1F. The van der Waals surface area contributed by atoms with Crippen molar-refractivity contribution >= 4 is 18.2 Å². The van der Waals surface area contributed by atoms with E-state index in [2.05, 4.69) is 0 Å². The number of hydrogen-bond donors (Lipinski definition) is 0. The molecule has 1 rings (SSSR count). The number of benzene rings is 1. The zero-order valence-electron chi connectivity index (χ0n) is 7.23. The number of carbonyl (C=O) groups excluding carboxylic acids is 1. The third-order valence-corrected chi connectivity index (χ3v) is 1.75. The Morgan fingerprint density at radius 1 is 1.29 bits per heavy atom. The Bertz CT molecular complexity index is 372. The quantitative estimate of drug-likeness (QED) is 0.410. The van der Waals surface area contributed by atoms with Gasteiger partial charge in [-0.3, -0.25) is 4.79 Å². The highest BCUT2D eigenvalue weighted by Gasteiger charge is 2.26. The topological polar surface area (TPSA) is 17.1 Å². The molecule has 0 aliphatic carbocycles. The number of carbonyl (C=O) groups is 1. The molecule has 0 amide bonds. The van der Waals surface area contributed by atoms with Crippen molar-refractivity contribution in [1.82, 2.24) is 0 Å². The Morgan fingerprint density at radius 3 is 2.29 bits per heavy atom. The first-order valence-corrected chi connectivity index (χ1v) is 3.82. The van der Waals surface area contributed by atoms with Gasteiger partial charge in [-0.25, -0.2) is 4.39 Å². The maximum atomic E-state index is 12.8. The summed E-state index contributed by atoms with van der Waals surface area (Å²) in [6, 6.07) is 1.82. The van der Waals surface area contributed by atoms with E-state index >= 15 is 0 Å². The predicted octanol–water partition coefficient (Wildman–Crippen LogP) is 2.08. The summed E-state index contributed by atoms with van der Waals surface area (Å²) in [5, 5.41) is 0. The van der Waals surface area contributed by atoms with Crippen LogP contribution >= 0.6 is 0 Å². The number of ketones is 1. The van der Waals surface area contributed by atoms with Gasteiger partial charge >= 0.3 is 6.98 Å². The lowest BCUT2D eigenvalue weighted by molar-refractivity contribution is 0.101. The van der Waals surface area contributed by atoms with Crippen molar-refractivity contribution in [3.63, 3.8) is 0 Å². The van der Waals surface area contributed by atoms with E-state index in [0.717, 1.165) is 6.92 Å². The molecule has 1 aromatic carbocycles. The van der Waals surface area contributed by atoms with E-state index in [1.165, 1.54) is 0 Å². The fraction of sp³-hybridized carbons (Fsp3) is 0.125. The molecule has 0 saturated heterocycles. The first kappa shape index (κ1) is 10.8. The molecular formula is C8H6BF4O-. The van der Waals surface area contributed by atoms with Crippen LogP contribution in [0.15, 0.2) is 18.2 Å². The Balaban J connectivity index is 3.27. The molecule has 76 valence electrons. The average molecular weight is 205 g/mol. The Morgan fingerprint density at radius 2 is 1.86 bits per heavy atom. The Kier molecular flexibility index (Phi) is 2.64. The van der Waals surface area contributed by atoms with Crippen molar-refractivity contribution in [1.29, 1.82) is 0 Å². The van der Waals surface area contributed by atoms with Crippen LogP contribution < -0.4 is 5.46 Å². The molecule has 0 N–H and O–H groups in total. The zero-order chi connectivity index (χ0) is 10.9. The fourth-order valence-corrected chi connectivity index (χ4v) is 1.02. The van der Waals surface area contributed by atoms with Crippen molar-refractivity contribution in [2.45, 2.75) is 6.92 Å². The highest BCUT2D eigenvalue weighted by Crippen LogP contribution is 2.12. The van der Waals surface area contributed by atoms with Crippen LogP contribution in [0.4, 0.5) is 17.3 Å². The van der Waals surface area contributed by atoms with Gasteiger partial charge in [-0.1, -0.05) is 12.1 Å². The van der Waals surface area contributed by atoms with E-state index in [1.807, 2.05) is 0 Å². The smallest absolute Gasteiger partial charge is 0.445 e. The van der Waals surface area contributed by atoms with Crippen LogP contribution in [-0.2, 0) is 0 Å². The van der Waals surface area contributed by atoms with E-state index in [4.69, 9.17) is 0 Å². The molecule has 1 aromatic rings. The molecule has 0 radical (unpaired) electrons. The van der Waals surface area contributed by atoms with E-state index in [9.17, 15) is 22.1 Å². The first-order chi connectivity index (χ1) is 6.32. The van der Waals surface area contributed by atoms with Crippen molar-refractivity contribution in [2.75, 3.05) is 0 Å². The van der Waals surface area contributed by atoms with Crippen LogP contribution in [0.5, 0.6) is 0 Å². The second-order valence-electron chi connectivity index (χ2n) is 2.87. The van der Waals surface area contributed by atoms with Gasteiger partial charge in [0.1, 0.15) is 5.82 Å². The molecule has 0 fully saturated rings. The lowest BCUT2D eigenvalue weighted by Gasteiger charge is -2.15. The molecule has 0 unspecified atom stereocenters. The van der Waals surface area contributed by atoms with Crippen molar-refractivity contribution < 1.29 is 22.1 Å². The summed E-state index contributed by atoms with van der Waals surface area (Å²) in [5.41, 5.74) is -1.49. The lowest BCUT2D eigenvalue weighted by Crippen LogP contribution is -2.34. The molecule has 0 heterocycles. The molecule has 0 aromatic heterocycles. The van der Waals surface area contributed by atoms with E-state index in [0.29, 0.717) is 18.2 Å². The van der Waals surface area contributed by atoms with Crippen LogP contribution in [0.1, 0.15) is 17.3 Å². The molecule has 0 aliphatic heterocycles. The van der Waals surface area contributed by atoms with Crippen LogP contribution in [-0.4, -0.2) is 12.8 Å². The summed E-state index contributed by atoms with van der Waals surface area (Å²) in [4.78, 5) is 10.7. The number of halogens is 4. The highest BCUT2D eigenvalue weighted by molar-refractivity contribution is 6.73. The molecule has 14 heavy (non-hydrogen) atoms. The highest BCUT2D eigenvalue weighted by atomic mass is 19.4. The van der Waals surface area contributed by atoms with Gasteiger partial charge in [0.25, 0.3) is 0 Å². The minimum absolute atomic E-state index is 0.526. The second kappa shape index (κ2) is 3.44. The molecule has 6 heteroatoms. The van der Waals surface area contributed by atoms with Gasteiger partial charge in [-0.15, -0.1) is 5.46 Å². The van der Waals surface area contributed by atoms with Gasteiger partial charge in [0, 0.05) is 0 Å². The number of hydrogen-bond acceptors (Lipinski definition) is 1. The number of Topliss-reactive ketones (excluding diaryl/α,β-unsaturated/α-hetero) is 1. The monoisotopic (exact) mass is 205 g/mol. The minimum atomic E-state index is -5.19. The number of rotatable bonds is 2. The van der Waals surface area contributed by atoms with Gasteiger partial charge < -0.3 is 12.9 Å². The first-order valence-electron chi connectivity index (χ1n) is 3.82. The van der Waals surface area contributed by atoms with Gasteiger partial charge in [0.05, 0.1) is 5.56 Å². The zero-order valence-corrected chi connectivity index (χ0v) is 7.23. The summed E-state index contributed by atoms with van der Waals surface area (Å²) in [7, 11) is 0. The molecule has 1 nitrogen and oxygen atoms in total. The predicted molar refractivity (Wildman–Crippen MR) is 45.1 cm³/mol. The maximum Gasteiger partial charge on any atom is 0.509 e. The van der Waals surface area contributed by atoms with Crippen LogP contribution in [0, 0.1) is 5.82 Å². The van der Waals surface area contributed by atoms with E-state index in [1.54, 1.807) is 0 Å². The van der Waals surface area contributed by atoms with Crippen molar-refractivity contribution in [3.05, 3.63) is 29.6 Å². The van der Waals surface area contributed by atoms with E-state index in [-0.39, 0.29) is 0 Å². The summed E-state index contributed by atoms with van der Waals surface area (Å²) >= 11 is 0. The largest absolute Gasteiger partial charge is 0.509 e. The molecule has 0 bridgehead atoms. The molecule has 0 saturated carbocycles. The Hall–Kier alpha value is -1.33. The summed E-state index contributed by atoms with van der Waals surface area (Å²) in [6.07, 6.45) is 0. The molecule has 0 spiro atoms. The van der Waals surface area contributed by atoms with Crippen LogP contribution in [0.25, 0.3) is 0 Å². The van der Waals surface area contributed by atoms with E-state index < -0.39 is 29.6 Å². The average Bonchev–Trinajstić information content (AvgIpc) is 2.02. The minimum Gasteiger partial charge on any atom is -0.445 e. The van der Waals surface area contributed by atoms with Gasteiger partial charge in [-0.05, 0) is 13.0 Å². The Labute approximate surface area is 77.8 Å². The van der Waals surface area contributed by atoms with Crippen molar-refractivity contribution in [3.8, 4) is 0 Å². The van der Waals surface area contributed by atoms with Gasteiger partial charge in [0.2, 0.25) is 0 Å². The summed E-state index contributed by atoms with van der Waals surface area (Å²) < 4.78 is 49.4. The lowest BCUT2D eigenvalue weighted by atomic mass is 9.79. The molecule has 0 atom stereocenters. The van der Waals surface area contributed by atoms with Crippen LogP contribution in [0.2, 0.25) is 0 Å². The van der Waals surface area contributed by atoms with Gasteiger partial charge in [0.15, 0.2) is 5.78 Å². The molecular weight excluding hydrogens is 199 g/mol. The maximum absolute atomic E-state index is 12.8. The standard InChI is InChI=1S/C8H6BF4O/c1-5(14)7-4-6(9(11,12)13)2-3-8(7)10/h2-4H,1H3/q-1. The fourth-order valence-electron chi connectivity index (χ4n) is 1.02. The second-order valence-corrected chi connectivity index (χ2v) is 2.87. The van der Waals surface area contributed by atoms with Crippen LogP contribution in [0.3, 0.4) is 0 Å². The summed E-state index contributed by atoms with van der Waals surface area (Å²) in [6.45, 7) is -4.17. The van der Waals surface area contributed by atoms with Gasteiger partial charge in [-0.2, -0.15) is 0 Å². The third kappa shape index (κ3) is 2.13. The van der Waals surface area contributed by atoms with Crippen molar-refractivity contribution in [2.24, 2.45) is 0 Å². The normalized spacial score (nSPS) is 11.5. The molecule has 0 aliphatic rings. The third-order valence-electron chi connectivity index (χ3n) is 1.75. The summed E-state index contributed by atoms with van der Waals surface area (Å²) in [5.74, 6) is -1.65.